The van der Waals surface area contributed by atoms with E-state index in [1.165, 1.54) is 5.69 Å². The van der Waals surface area contributed by atoms with Crippen LogP contribution in [0.2, 0.25) is 0 Å². The van der Waals surface area contributed by atoms with Crippen molar-refractivity contribution in [2.24, 2.45) is 5.73 Å². The second-order valence-electron chi connectivity index (χ2n) is 6.11. The van der Waals surface area contributed by atoms with Gasteiger partial charge in [-0.3, -0.25) is 9.69 Å². The Morgan fingerprint density at radius 3 is 2.76 bits per heavy atom. The van der Waals surface area contributed by atoms with Gasteiger partial charge in [0.1, 0.15) is 6.04 Å². The molecule has 2 aliphatic heterocycles. The number of nitrogens with zero attached hydrogens (tertiary/aromatic N) is 3. The molecule has 0 aromatic heterocycles. The van der Waals surface area contributed by atoms with E-state index in [1.54, 1.807) is 11.9 Å². The van der Waals surface area contributed by atoms with Gasteiger partial charge in [-0.25, -0.2) is 0 Å². The summed E-state index contributed by atoms with van der Waals surface area (Å²) in [5, 5.41) is 0. The summed E-state index contributed by atoms with van der Waals surface area (Å²) < 4.78 is 0. The Morgan fingerprint density at radius 1 is 1.29 bits per heavy atom. The molecule has 5 nitrogen and oxygen atoms in total. The lowest BCUT2D eigenvalue weighted by molar-refractivity contribution is -0.118. The van der Waals surface area contributed by atoms with Crippen LogP contribution in [0.3, 0.4) is 0 Å². The number of likely N-dealkylation sites (N-methyl/N-ethyl adjacent to an activating group) is 2. The highest BCUT2D eigenvalue weighted by Gasteiger charge is 2.33. The van der Waals surface area contributed by atoms with E-state index in [2.05, 4.69) is 35.9 Å². The van der Waals surface area contributed by atoms with Gasteiger partial charge in [-0.2, -0.15) is 0 Å². The van der Waals surface area contributed by atoms with Crippen LogP contribution in [0.4, 0.5) is 11.4 Å². The van der Waals surface area contributed by atoms with Crippen LogP contribution < -0.4 is 15.5 Å². The monoisotopic (exact) mass is 288 g/mol. The van der Waals surface area contributed by atoms with Gasteiger partial charge < -0.3 is 15.5 Å². The van der Waals surface area contributed by atoms with Crippen molar-refractivity contribution in [3.63, 3.8) is 0 Å². The quantitative estimate of drug-likeness (QED) is 0.888. The molecule has 5 heteroatoms. The third-order valence-corrected chi connectivity index (χ3v) is 4.92. The number of carbonyl (C=O) groups excluding carboxylic acids is 1. The highest BCUT2D eigenvalue weighted by molar-refractivity contribution is 6.04. The van der Waals surface area contributed by atoms with Gasteiger partial charge in [0.15, 0.2) is 0 Å². The lowest BCUT2D eigenvalue weighted by Crippen LogP contribution is -2.51. The van der Waals surface area contributed by atoms with E-state index in [0.29, 0.717) is 6.04 Å². The van der Waals surface area contributed by atoms with Gasteiger partial charge in [0.05, 0.1) is 5.69 Å². The van der Waals surface area contributed by atoms with Gasteiger partial charge in [0, 0.05) is 44.0 Å². The van der Waals surface area contributed by atoms with Crippen molar-refractivity contribution >= 4 is 17.3 Å². The van der Waals surface area contributed by atoms with Crippen molar-refractivity contribution in [3.05, 3.63) is 23.8 Å². The summed E-state index contributed by atoms with van der Waals surface area (Å²) in [6.45, 7) is 5.37. The van der Waals surface area contributed by atoms with Gasteiger partial charge in [0.25, 0.3) is 0 Å². The first kappa shape index (κ1) is 14.4. The molecule has 1 saturated heterocycles. The molecular weight excluding hydrogens is 264 g/mol. The summed E-state index contributed by atoms with van der Waals surface area (Å²) in [5.74, 6) is -0.0213. The summed E-state index contributed by atoms with van der Waals surface area (Å²) in [7, 11) is 4.00. The second kappa shape index (κ2) is 5.31. The number of hydrogen-bond acceptors (Lipinski definition) is 4. The Kier molecular flexibility index (Phi) is 3.63. The van der Waals surface area contributed by atoms with Crippen LogP contribution in [0.1, 0.15) is 24.9 Å². The van der Waals surface area contributed by atoms with Crippen LogP contribution in [0, 0.1) is 0 Å². The van der Waals surface area contributed by atoms with Crippen LogP contribution in [-0.2, 0) is 4.79 Å². The zero-order valence-electron chi connectivity index (χ0n) is 13.0. The molecule has 0 aliphatic carbocycles. The Morgan fingerprint density at radius 2 is 2.05 bits per heavy atom. The fourth-order valence-electron chi connectivity index (χ4n) is 3.36. The summed E-state index contributed by atoms with van der Waals surface area (Å²) in [6, 6.07) is 6.31. The third-order valence-electron chi connectivity index (χ3n) is 4.92. The van der Waals surface area contributed by atoms with Crippen molar-refractivity contribution in [2.75, 3.05) is 43.5 Å². The normalized spacial score (nSPS) is 26.4. The number of amides is 1. The third kappa shape index (κ3) is 2.30. The first-order chi connectivity index (χ1) is 10.0. The van der Waals surface area contributed by atoms with Gasteiger partial charge in [-0.1, -0.05) is 13.0 Å². The number of anilines is 2. The molecule has 21 heavy (non-hydrogen) atoms. The lowest BCUT2D eigenvalue weighted by Gasteiger charge is -2.40. The van der Waals surface area contributed by atoms with Crippen LogP contribution in [-0.4, -0.2) is 50.6 Å². The Bertz CT molecular complexity index is 559. The zero-order chi connectivity index (χ0) is 15.1. The van der Waals surface area contributed by atoms with Crippen LogP contribution in [0.5, 0.6) is 0 Å². The maximum Gasteiger partial charge on any atom is 0.248 e. The summed E-state index contributed by atoms with van der Waals surface area (Å²) >= 11 is 0. The molecule has 0 saturated carbocycles. The van der Waals surface area contributed by atoms with Crippen molar-refractivity contribution in [3.8, 4) is 0 Å². The standard InChI is InChI=1S/C16H24N4O/c1-4-11-10-20(8-7-18(11)2)12-5-6-13-14(9-12)19(3)16(21)15(13)17/h5-6,9,11,15H,4,7-8,10,17H2,1-3H3. The number of fused-ring (bicyclic) bond motifs is 1. The van der Waals surface area contributed by atoms with Gasteiger partial charge in [-0.05, 0) is 25.6 Å². The van der Waals surface area contributed by atoms with Crippen molar-refractivity contribution in [2.45, 2.75) is 25.4 Å². The highest BCUT2D eigenvalue weighted by atomic mass is 16.2. The topological polar surface area (TPSA) is 52.8 Å². The van der Waals surface area contributed by atoms with E-state index in [-0.39, 0.29) is 5.91 Å². The molecule has 1 fully saturated rings. The largest absolute Gasteiger partial charge is 0.369 e. The SMILES string of the molecule is CCC1CN(c2ccc3c(c2)N(C)C(=O)C3N)CCN1C. The molecule has 3 rings (SSSR count). The number of rotatable bonds is 2. The molecule has 1 aromatic rings. The van der Waals surface area contributed by atoms with Gasteiger partial charge in [-0.15, -0.1) is 0 Å². The first-order valence-corrected chi connectivity index (χ1v) is 7.65. The van der Waals surface area contributed by atoms with Crippen LogP contribution >= 0.6 is 0 Å². The number of hydrogen-bond donors (Lipinski definition) is 1. The Balaban J connectivity index is 1.87. The number of carbonyl (C=O) groups is 1. The molecule has 0 bridgehead atoms. The smallest absolute Gasteiger partial charge is 0.248 e. The fraction of sp³-hybridized carbons (Fsp3) is 0.562. The van der Waals surface area contributed by atoms with Crippen molar-refractivity contribution in [1.82, 2.24) is 4.90 Å². The minimum atomic E-state index is -0.505. The molecule has 2 aliphatic rings. The second-order valence-corrected chi connectivity index (χ2v) is 6.11. The van der Waals surface area contributed by atoms with Gasteiger partial charge in [0.2, 0.25) is 5.91 Å². The van der Waals surface area contributed by atoms with E-state index in [0.717, 1.165) is 37.3 Å². The molecule has 114 valence electrons. The molecule has 0 radical (unpaired) electrons. The molecule has 2 unspecified atom stereocenters. The first-order valence-electron chi connectivity index (χ1n) is 7.65. The van der Waals surface area contributed by atoms with E-state index >= 15 is 0 Å². The summed E-state index contributed by atoms with van der Waals surface area (Å²) in [4.78, 5) is 18.5. The molecule has 1 aromatic carbocycles. The fourth-order valence-corrected chi connectivity index (χ4v) is 3.36. The molecule has 2 heterocycles. The van der Waals surface area contributed by atoms with Gasteiger partial charge >= 0.3 is 0 Å². The molecule has 2 atom stereocenters. The van der Waals surface area contributed by atoms with Crippen molar-refractivity contribution in [1.29, 1.82) is 0 Å². The number of piperazine rings is 1. The lowest BCUT2D eigenvalue weighted by atomic mass is 10.1. The highest BCUT2D eigenvalue weighted by Crippen LogP contribution is 2.36. The molecular formula is C16H24N4O. The molecule has 0 spiro atoms. The number of nitrogens with two attached hydrogens (primary N) is 1. The summed E-state index contributed by atoms with van der Waals surface area (Å²) in [5.41, 5.74) is 9.04. The average molecular weight is 288 g/mol. The van der Waals surface area contributed by atoms with Crippen LogP contribution in [0.15, 0.2) is 18.2 Å². The predicted octanol–water partition coefficient (Wildman–Crippen LogP) is 1.19. The average Bonchev–Trinajstić information content (AvgIpc) is 2.72. The maximum absolute atomic E-state index is 12.0. The van der Waals surface area contributed by atoms with E-state index in [9.17, 15) is 4.79 Å². The maximum atomic E-state index is 12.0. The molecule has 2 N–H and O–H groups in total. The van der Waals surface area contributed by atoms with Crippen LogP contribution in [0.25, 0.3) is 0 Å². The van der Waals surface area contributed by atoms with E-state index in [1.807, 2.05) is 6.07 Å². The summed E-state index contributed by atoms with van der Waals surface area (Å²) in [6.07, 6.45) is 1.15. The van der Waals surface area contributed by atoms with Crippen molar-refractivity contribution < 1.29 is 4.79 Å². The Labute approximate surface area is 126 Å². The Hall–Kier alpha value is -1.59. The minimum absolute atomic E-state index is 0.0213. The number of benzene rings is 1. The van der Waals surface area contributed by atoms with E-state index in [4.69, 9.17) is 5.73 Å². The van der Waals surface area contributed by atoms with E-state index < -0.39 is 6.04 Å². The zero-order valence-corrected chi connectivity index (χ0v) is 13.0. The molecule has 1 amide bonds. The minimum Gasteiger partial charge on any atom is -0.369 e. The predicted molar refractivity (Wildman–Crippen MR) is 85.7 cm³/mol.